The molecule has 0 fully saturated rings. The maximum Gasteiger partial charge on any atom is 0.209 e. The SMILES string of the molecule is CS(=O)(=O)N[C@H](CNc1nc(-c2ccncc2)nc2cnccc12)Cc1ccccc1. The number of benzene rings is 1. The molecule has 0 saturated carbocycles. The molecule has 3 heterocycles. The molecule has 31 heavy (non-hydrogen) atoms. The van der Waals surface area contributed by atoms with Gasteiger partial charge in [-0.25, -0.2) is 23.1 Å². The maximum atomic E-state index is 11.9. The highest BCUT2D eigenvalue weighted by Gasteiger charge is 2.16. The second-order valence-electron chi connectivity index (χ2n) is 7.18. The van der Waals surface area contributed by atoms with Crippen LogP contribution in [-0.4, -0.2) is 47.2 Å². The van der Waals surface area contributed by atoms with Crippen LogP contribution in [0.1, 0.15) is 5.56 Å². The minimum absolute atomic E-state index is 0.353. The van der Waals surface area contributed by atoms with Gasteiger partial charge in [-0.05, 0) is 30.2 Å². The second kappa shape index (κ2) is 9.15. The Morgan fingerprint density at radius 2 is 1.68 bits per heavy atom. The third kappa shape index (κ3) is 5.59. The monoisotopic (exact) mass is 434 g/mol. The molecular formula is C22H22N6O2S. The molecule has 0 aliphatic carbocycles. The molecule has 9 heteroatoms. The van der Waals surface area contributed by atoms with E-state index in [9.17, 15) is 8.42 Å². The second-order valence-corrected chi connectivity index (χ2v) is 8.96. The van der Waals surface area contributed by atoms with Crippen molar-refractivity contribution in [2.24, 2.45) is 0 Å². The zero-order valence-electron chi connectivity index (χ0n) is 16.9. The van der Waals surface area contributed by atoms with Crippen LogP contribution in [0.4, 0.5) is 5.82 Å². The number of fused-ring (bicyclic) bond motifs is 1. The molecule has 3 aromatic heterocycles. The smallest absolute Gasteiger partial charge is 0.209 e. The van der Waals surface area contributed by atoms with Gasteiger partial charge in [0.1, 0.15) is 5.82 Å². The predicted molar refractivity (Wildman–Crippen MR) is 121 cm³/mol. The summed E-state index contributed by atoms with van der Waals surface area (Å²) in [5.74, 6) is 1.16. The standard InChI is InChI=1S/C22H22N6O2S/c1-31(29,30)28-18(13-16-5-3-2-4-6-16)14-25-22-19-9-12-24-15-20(19)26-21(27-22)17-7-10-23-11-8-17/h2-12,15,18,28H,13-14H2,1H3,(H,25,26,27)/t18-/m0/s1. The van der Waals surface area contributed by atoms with Gasteiger partial charge in [0.2, 0.25) is 10.0 Å². The summed E-state index contributed by atoms with van der Waals surface area (Å²) in [5, 5.41) is 4.13. The average Bonchev–Trinajstić information content (AvgIpc) is 2.77. The summed E-state index contributed by atoms with van der Waals surface area (Å²) >= 11 is 0. The first-order chi connectivity index (χ1) is 15.0. The summed E-state index contributed by atoms with van der Waals surface area (Å²) in [4.78, 5) is 17.5. The normalized spacial score (nSPS) is 12.5. The van der Waals surface area contributed by atoms with Gasteiger partial charge in [-0.1, -0.05) is 30.3 Å². The van der Waals surface area contributed by atoms with Gasteiger partial charge >= 0.3 is 0 Å². The molecule has 4 aromatic rings. The van der Waals surface area contributed by atoms with Crippen LogP contribution >= 0.6 is 0 Å². The van der Waals surface area contributed by atoms with Crippen LogP contribution in [0.15, 0.2) is 73.3 Å². The van der Waals surface area contributed by atoms with Crippen molar-refractivity contribution in [3.8, 4) is 11.4 Å². The van der Waals surface area contributed by atoms with Crippen molar-refractivity contribution in [3.05, 3.63) is 78.9 Å². The molecule has 2 N–H and O–H groups in total. The van der Waals surface area contributed by atoms with E-state index < -0.39 is 10.0 Å². The highest BCUT2D eigenvalue weighted by Crippen LogP contribution is 2.24. The van der Waals surface area contributed by atoms with E-state index in [1.807, 2.05) is 48.5 Å². The Kier molecular flexibility index (Phi) is 6.15. The lowest BCUT2D eigenvalue weighted by atomic mass is 10.1. The average molecular weight is 435 g/mol. The van der Waals surface area contributed by atoms with Crippen LogP contribution in [0.3, 0.4) is 0 Å². The molecule has 0 radical (unpaired) electrons. The Balaban J connectivity index is 1.64. The Labute approximate surface area is 180 Å². The van der Waals surface area contributed by atoms with Crippen molar-refractivity contribution < 1.29 is 8.42 Å². The lowest BCUT2D eigenvalue weighted by molar-refractivity contribution is 0.558. The van der Waals surface area contributed by atoms with Crippen LogP contribution in [0.5, 0.6) is 0 Å². The predicted octanol–water partition coefficient (Wildman–Crippen LogP) is 2.66. The van der Waals surface area contributed by atoms with Crippen LogP contribution < -0.4 is 10.0 Å². The van der Waals surface area contributed by atoms with Crippen LogP contribution in [0, 0.1) is 0 Å². The molecule has 1 atom stereocenters. The van der Waals surface area contributed by atoms with Gasteiger partial charge in [-0.15, -0.1) is 0 Å². The van der Waals surface area contributed by atoms with Crippen LogP contribution in [-0.2, 0) is 16.4 Å². The van der Waals surface area contributed by atoms with Gasteiger partial charge in [0, 0.05) is 42.1 Å². The van der Waals surface area contributed by atoms with Crippen molar-refractivity contribution in [2.75, 3.05) is 18.1 Å². The van der Waals surface area contributed by atoms with Gasteiger partial charge < -0.3 is 5.32 Å². The van der Waals surface area contributed by atoms with Crippen molar-refractivity contribution in [2.45, 2.75) is 12.5 Å². The highest BCUT2D eigenvalue weighted by molar-refractivity contribution is 7.88. The zero-order valence-corrected chi connectivity index (χ0v) is 17.7. The van der Waals surface area contributed by atoms with Crippen molar-refractivity contribution in [3.63, 3.8) is 0 Å². The summed E-state index contributed by atoms with van der Waals surface area (Å²) < 4.78 is 26.5. The van der Waals surface area contributed by atoms with E-state index in [1.54, 1.807) is 24.8 Å². The Hall–Kier alpha value is -3.43. The number of hydrogen-bond acceptors (Lipinski definition) is 7. The fourth-order valence-electron chi connectivity index (χ4n) is 3.32. The number of aromatic nitrogens is 4. The molecule has 158 valence electrons. The number of rotatable bonds is 8. The summed E-state index contributed by atoms with van der Waals surface area (Å²) in [6.07, 6.45) is 8.44. The molecule has 0 amide bonds. The quantitative estimate of drug-likeness (QED) is 0.439. The number of anilines is 1. The highest BCUT2D eigenvalue weighted by atomic mass is 32.2. The van der Waals surface area contributed by atoms with Gasteiger partial charge in [-0.2, -0.15) is 0 Å². The van der Waals surface area contributed by atoms with E-state index in [4.69, 9.17) is 4.98 Å². The minimum atomic E-state index is -3.38. The molecule has 0 saturated heterocycles. The largest absolute Gasteiger partial charge is 0.368 e. The third-order valence-electron chi connectivity index (χ3n) is 4.66. The molecule has 0 aliphatic heterocycles. The van der Waals surface area contributed by atoms with Gasteiger partial charge in [0.25, 0.3) is 0 Å². The molecule has 0 unspecified atom stereocenters. The van der Waals surface area contributed by atoms with Crippen LogP contribution in [0.25, 0.3) is 22.3 Å². The lowest BCUT2D eigenvalue weighted by Gasteiger charge is -2.19. The topological polar surface area (TPSA) is 110 Å². The minimum Gasteiger partial charge on any atom is -0.368 e. The molecule has 1 aromatic carbocycles. The van der Waals surface area contributed by atoms with Gasteiger partial charge in [0.05, 0.1) is 18.0 Å². The molecule has 8 nitrogen and oxygen atoms in total. The van der Waals surface area contributed by atoms with Crippen molar-refractivity contribution in [1.29, 1.82) is 0 Å². The Bertz CT molecular complexity index is 1270. The summed E-state index contributed by atoms with van der Waals surface area (Å²) in [6.45, 7) is 0.353. The maximum absolute atomic E-state index is 11.9. The molecular weight excluding hydrogens is 412 g/mol. The van der Waals surface area contributed by atoms with E-state index in [-0.39, 0.29) is 6.04 Å². The van der Waals surface area contributed by atoms with E-state index in [0.717, 1.165) is 22.8 Å². The Morgan fingerprint density at radius 3 is 2.42 bits per heavy atom. The Morgan fingerprint density at radius 1 is 0.935 bits per heavy atom. The number of nitrogens with one attached hydrogen (secondary N) is 2. The molecule has 4 rings (SSSR count). The van der Waals surface area contributed by atoms with Crippen molar-refractivity contribution >= 4 is 26.7 Å². The van der Waals surface area contributed by atoms with Crippen LogP contribution in [0.2, 0.25) is 0 Å². The van der Waals surface area contributed by atoms with E-state index in [0.29, 0.717) is 30.1 Å². The first kappa shape index (κ1) is 20.8. The zero-order chi connectivity index (χ0) is 21.7. The summed E-state index contributed by atoms with van der Waals surface area (Å²) in [5.41, 5.74) is 2.57. The number of hydrogen-bond donors (Lipinski definition) is 2. The lowest BCUT2D eigenvalue weighted by Crippen LogP contribution is -2.40. The van der Waals surface area contributed by atoms with E-state index in [2.05, 4.69) is 25.0 Å². The van der Waals surface area contributed by atoms with E-state index >= 15 is 0 Å². The van der Waals surface area contributed by atoms with Crippen molar-refractivity contribution in [1.82, 2.24) is 24.7 Å². The first-order valence-corrected chi connectivity index (χ1v) is 11.6. The summed E-state index contributed by atoms with van der Waals surface area (Å²) in [6, 6.07) is 14.9. The fourth-order valence-corrected chi connectivity index (χ4v) is 4.09. The number of pyridine rings is 2. The molecule has 0 bridgehead atoms. The summed E-state index contributed by atoms with van der Waals surface area (Å²) in [7, 11) is -3.38. The molecule has 0 spiro atoms. The fraction of sp³-hybridized carbons (Fsp3) is 0.182. The van der Waals surface area contributed by atoms with E-state index in [1.165, 1.54) is 0 Å². The van der Waals surface area contributed by atoms with Gasteiger partial charge in [-0.3, -0.25) is 9.97 Å². The molecule has 0 aliphatic rings. The first-order valence-electron chi connectivity index (χ1n) is 9.75. The van der Waals surface area contributed by atoms with Gasteiger partial charge in [0.15, 0.2) is 5.82 Å². The third-order valence-corrected chi connectivity index (χ3v) is 5.42. The number of sulfonamides is 1. The number of nitrogens with zero attached hydrogens (tertiary/aromatic N) is 4.